The Labute approximate surface area is 157 Å². The van der Waals surface area contributed by atoms with E-state index in [9.17, 15) is 19.8 Å². The van der Waals surface area contributed by atoms with E-state index in [0.717, 1.165) is 5.56 Å². The smallest absolute Gasteiger partial charge is 0.314 e. The maximum absolute atomic E-state index is 12.6. The Hall–Kier alpha value is -2.87. The van der Waals surface area contributed by atoms with Crippen LogP contribution < -0.4 is 4.74 Å². The molecule has 3 rings (SSSR count). The van der Waals surface area contributed by atoms with Crippen LogP contribution in [-0.2, 0) is 22.6 Å². The van der Waals surface area contributed by atoms with Gasteiger partial charge in [0.05, 0.1) is 19.5 Å². The highest BCUT2D eigenvalue weighted by Crippen LogP contribution is 2.35. The van der Waals surface area contributed by atoms with E-state index in [1.54, 1.807) is 41.2 Å². The quantitative estimate of drug-likeness (QED) is 0.776. The molecule has 8 nitrogen and oxygen atoms in total. The molecule has 8 heteroatoms. The summed E-state index contributed by atoms with van der Waals surface area (Å²) in [5, 5.41) is 20.5. The average Bonchev–Trinajstić information content (AvgIpc) is 3.16. The van der Waals surface area contributed by atoms with Crippen molar-refractivity contribution in [1.82, 2.24) is 14.5 Å². The fourth-order valence-electron chi connectivity index (χ4n) is 3.53. The number of carbonyl (C=O) groups excluding carboxylic acids is 1. The Bertz CT molecular complexity index is 807. The van der Waals surface area contributed by atoms with Gasteiger partial charge >= 0.3 is 5.97 Å². The number of benzene rings is 1. The van der Waals surface area contributed by atoms with Gasteiger partial charge < -0.3 is 24.4 Å². The number of imidazole rings is 1. The molecule has 2 aromatic rings. The fraction of sp³-hybridized carbons (Fsp3) is 0.421. The van der Waals surface area contributed by atoms with E-state index in [-0.39, 0.29) is 31.8 Å². The number of carboxylic acid groups (broad SMARTS) is 1. The van der Waals surface area contributed by atoms with E-state index in [2.05, 4.69) is 4.98 Å². The number of methoxy groups -OCH3 is 1. The first-order chi connectivity index (χ1) is 12.9. The highest BCUT2D eigenvalue weighted by molar-refractivity contribution is 5.80. The SMILES string of the molecule is COc1cccc(C[C@@]2(C(=O)O)CN(C(=O)Cn3ccnc3)CC[C@H]2O)c1. The number of aliphatic hydroxyl groups is 1. The Morgan fingerprint density at radius 3 is 2.89 bits per heavy atom. The lowest BCUT2D eigenvalue weighted by Crippen LogP contribution is -2.58. The Balaban J connectivity index is 1.83. The molecule has 2 heterocycles. The van der Waals surface area contributed by atoms with E-state index in [1.165, 1.54) is 18.3 Å². The molecule has 1 aliphatic heterocycles. The maximum atomic E-state index is 12.6. The first-order valence-corrected chi connectivity index (χ1v) is 8.72. The summed E-state index contributed by atoms with van der Waals surface area (Å²) < 4.78 is 6.84. The number of amides is 1. The lowest BCUT2D eigenvalue weighted by atomic mass is 9.72. The molecule has 0 aliphatic carbocycles. The van der Waals surface area contributed by atoms with Crippen LogP contribution in [0.1, 0.15) is 12.0 Å². The van der Waals surface area contributed by atoms with E-state index < -0.39 is 17.5 Å². The van der Waals surface area contributed by atoms with E-state index in [1.807, 2.05) is 0 Å². The van der Waals surface area contributed by atoms with Crippen LogP contribution in [0.15, 0.2) is 43.0 Å². The van der Waals surface area contributed by atoms with Crippen molar-refractivity contribution in [1.29, 1.82) is 0 Å². The Kier molecular flexibility index (Phi) is 5.46. The number of carbonyl (C=O) groups is 2. The third kappa shape index (κ3) is 3.95. The molecule has 2 N–H and O–H groups in total. The van der Waals surface area contributed by atoms with Crippen molar-refractivity contribution in [3.63, 3.8) is 0 Å². The number of hydrogen-bond donors (Lipinski definition) is 2. The molecule has 1 aromatic carbocycles. The van der Waals surface area contributed by atoms with Gasteiger partial charge in [0.1, 0.15) is 17.7 Å². The second kappa shape index (κ2) is 7.79. The molecule has 1 saturated heterocycles. The van der Waals surface area contributed by atoms with E-state index in [4.69, 9.17) is 4.74 Å². The Morgan fingerprint density at radius 1 is 1.41 bits per heavy atom. The summed E-state index contributed by atoms with van der Waals surface area (Å²) in [5.74, 6) is -0.694. The molecule has 144 valence electrons. The van der Waals surface area contributed by atoms with Gasteiger partial charge in [-0.2, -0.15) is 0 Å². The Morgan fingerprint density at radius 2 is 2.22 bits per heavy atom. The summed E-state index contributed by atoms with van der Waals surface area (Å²) in [4.78, 5) is 30.2. The second-order valence-electron chi connectivity index (χ2n) is 6.84. The number of hydrogen-bond acceptors (Lipinski definition) is 5. The normalized spacial score (nSPS) is 22.4. The lowest BCUT2D eigenvalue weighted by molar-refractivity contribution is -0.166. The molecular weight excluding hydrogens is 350 g/mol. The predicted octanol–water partition coefficient (Wildman–Crippen LogP) is 0.799. The molecule has 0 saturated carbocycles. The second-order valence-corrected chi connectivity index (χ2v) is 6.84. The largest absolute Gasteiger partial charge is 0.497 e. The lowest BCUT2D eigenvalue weighted by Gasteiger charge is -2.43. The molecule has 1 aliphatic rings. The van der Waals surface area contributed by atoms with Gasteiger partial charge in [-0.1, -0.05) is 12.1 Å². The van der Waals surface area contributed by atoms with Gasteiger partial charge in [-0.05, 0) is 30.5 Å². The monoisotopic (exact) mass is 373 g/mol. The third-order valence-corrected chi connectivity index (χ3v) is 5.09. The van der Waals surface area contributed by atoms with Gasteiger partial charge in [0.25, 0.3) is 0 Å². The average molecular weight is 373 g/mol. The summed E-state index contributed by atoms with van der Waals surface area (Å²) >= 11 is 0. The zero-order valence-electron chi connectivity index (χ0n) is 15.1. The number of ether oxygens (including phenoxy) is 1. The molecule has 1 fully saturated rings. The van der Waals surface area contributed by atoms with Gasteiger partial charge in [0.15, 0.2) is 0 Å². The van der Waals surface area contributed by atoms with Gasteiger partial charge in [-0.3, -0.25) is 9.59 Å². The summed E-state index contributed by atoms with van der Waals surface area (Å²) in [5.41, 5.74) is -0.727. The number of rotatable bonds is 6. The number of piperidine rings is 1. The van der Waals surface area contributed by atoms with Gasteiger partial charge in [-0.15, -0.1) is 0 Å². The minimum Gasteiger partial charge on any atom is -0.497 e. The summed E-state index contributed by atoms with van der Waals surface area (Å²) in [6.07, 6.45) is 4.08. The number of aliphatic carboxylic acids is 1. The van der Waals surface area contributed by atoms with Crippen molar-refractivity contribution in [3.05, 3.63) is 48.5 Å². The molecule has 2 atom stereocenters. The molecule has 27 heavy (non-hydrogen) atoms. The van der Waals surface area contributed by atoms with Crippen molar-refractivity contribution in [2.45, 2.75) is 25.5 Å². The zero-order chi connectivity index (χ0) is 19.4. The van der Waals surface area contributed by atoms with Gasteiger partial charge in [-0.25, -0.2) is 4.98 Å². The topological polar surface area (TPSA) is 105 Å². The number of nitrogens with zero attached hydrogens (tertiary/aromatic N) is 3. The maximum Gasteiger partial charge on any atom is 0.314 e. The number of carboxylic acids is 1. The molecule has 0 bridgehead atoms. The van der Waals surface area contributed by atoms with Crippen LogP contribution in [0.4, 0.5) is 0 Å². The highest BCUT2D eigenvalue weighted by Gasteiger charge is 2.50. The van der Waals surface area contributed by atoms with Gasteiger partial charge in [0, 0.05) is 25.5 Å². The number of likely N-dealkylation sites (tertiary alicyclic amines) is 1. The molecule has 0 radical (unpaired) electrons. The standard InChI is InChI=1S/C19H23N3O5/c1-27-15-4-2-3-14(9-15)10-19(18(25)26)12-22(7-5-16(19)23)17(24)11-21-8-6-20-13-21/h2-4,6,8-9,13,16,23H,5,7,10-12H2,1H3,(H,25,26)/t16-,19-/m1/s1. The van der Waals surface area contributed by atoms with E-state index in [0.29, 0.717) is 12.3 Å². The van der Waals surface area contributed by atoms with Crippen LogP contribution in [0.2, 0.25) is 0 Å². The summed E-state index contributed by atoms with van der Waals surface area (Å²) in [6, 6.07) is 7.10. The number of aromatic nitrogens is 2. The molecule has 1 amide bonds. The van der Waals surface area contributed by atoms with Crippen molar-refractivity contribution >= 4 is 11.9 Å². The molecular formula is C19H23N3O5. The van der Waals surface area contributed by atoms with Crippen LogP contribution in [-0.4, -0.2) is 62.8 Å². The first kappa shape index (κ1) is 18.9. The van der Waals surface area contributed by atoms with Crippen LogP contribution in [0, 0.1) is 5.41 Å². The summed E-state index contributed by atoms with van der Waals surface area (Å²) in [6.45, 7) is 0.362. The fourth-order valence-corrected chi connectivity index (χ4v) is 3.53. The number of aliphatic hydroxyl groups excluding tert-OH is 1. The minimum atomic E-state index is -1.46. The zero-order valence-corrected chi connectivity index (χ0v) is 15.1. The van der Waals surface area contributed by atoms with Crippen molar-refractivity contribution in [2.24, 2.45) is 5.41 Å². The molecule has 0 unspecified atom stereocenters. The molecule has 1 aromatic heterocycles. The van der Waals surface area contributed by atoms with Crippen molar-refractivity contribution in [3.8, 4) is 5.75 Å². The van der Waals surface area contributed by atoms with Gasteiger partial charge in [0.2, 0.25) is 5.91 Å². The van der Waals surface area contributed by atoms with E-state index >= 15 is 0 Å². The van der Waals surface area contributed by atoms with Crippen LogP contribution in [0.3, 0.4) is 0 Å². The highest BCUT2D eigenvalue weighted by atomic mass is 16.5. The van der Waals surface area contributed by atoms with Crippen molar-refractivity contribution in [2.75, 3.05) is 20.2 Å². The third-order valence-electron chi connectivity index (χ3n) is 5.09. The minimum absolute atomic E-state index is 0.0474. The molecule has 0 spiro atoms. The van der Waals surface area contributed by atoms with Crippen molar-refractivity contribution < 1.29 is 24.5 Å². The van der Waals surface area contributed by atoms with Crippen LogP contribution in [0.25, 0.3) is 0 Å². The summed E-state index contributed by atoms with van der Waals surface area (Å²) in [7, 11) is 1.54. The first-order valence-electron chi connectivity index (χ1n) is 8.72. The van der Waals surface area contributed by atoms with Crippen LogP contribution >= 0.6 is 0 Å². The van der Waals surface area contributed by atoms with Crippen LogP contribution in [0.5, 0.6) is 5.75 Å². The predicted molar refractivity (Wildman–Crippen MR) is 96.2 cm³/mol.